The lowest BCUT2D eigenvalue weighted by molar-refractivity contribution is -0.186. The smallest absolute Gasteiger partial charge is 0.378 e. The number of carbonyl (C=O) groups excluding carboxylic acids is 1. The Morgan fingerprint density at radius 2 is 1.83 bits per heavy atom. The van der Waals surface area contributed by atoms with E-state index in [2.05, 4.69) is 4.72 Å². The number of amides is 1. The van der Waals surface area contributed by atoms with Gasteiger partial charge in [-0.15, -0.1) is 0 Å². The van der Waals surface area contributed by atoms with E-state index in [0.29, 0.717) is 16.2 Å². The summed E-state index contributed by atoms with van der Waals surface area (Å²) in [5.74, 6) is -1.92. The van der Waals surface area contributed by atoms with Gasteiger partial charge in [-0.2, -0.15) is 13.2 Å². The Labute approximate surface area is 167 Å². The van der Waals surface area contributed by atoms with Crippen LogP contribution in [0.1, 0.15) is 11.1 Å². The Bertz CT molecular complexity index is 1040. The molecule has 1 heterocycles. The monoisotopic (exact) mass is 427 g/mol. The summed E-state index contributed by atoms with van der Waals surface area (Å²) in [5.41, 5.74) is 2.28. The minimum absolute atomic E-state index is 0.0625. The number of fused-ring (bicyclic) bond motifs is 1. The van der Waals surface area contributed by atoms with Crippen LogP contribution in [0.5, 0.6) is 0 Å². The zero-order chi connectivity index (χ0) is 21.4. The summed E-state index contributed by atoms with van der Waals surface area (Å²) >= 11 is 0. The lowest BCUT2D eigenvalue weighted by Gasteiger charge is -2.29. The lowest BCUT2D eigenvalue weighted by Crippen LogP contribution is -2.43. The van der Waals surface area contributed by atoms with Crippen LogP contribution in [0, 0.1) is 0 Å². The van der Waals surface area contributed by atoms with Gasteiger partial charge in [-0.1, -0.05) is 12.1 Å². The molecule has 2 aromatic rings. The second-order valence-electron chi connectivity index (χ2n) is 6.96. The van der Waals surface area contributed by atoms with Gasteiger partial charge in [-0.3, -0.25) is 9.52 Å². The van der Waals surface area contributed by atoms with Gasteiger partial charge in [0.05, 0.1) is 10.6 Å². The summed E-state index contributed by atoms with van der Waals surface area (Å²) in [7, 11) is -0.301. The molecule has 0 fully saturated rings. The van der Waals surface area contributed by atoms with Gasteiger partial charge in [0, 0.05) is 32.9 Å². The number of nitrogens with one attached hydrogen (secondary N) is 1. The average molecular weight is 427 g/mol. The molecule has 0 spiro atoms. The molecule has 1 N–H and O–H groups in total. The number of halogens is 3. The molecule has 2 aromatic carbocycles. The second kappa shape index (κ2) is 7.58. The zero-order valence-corrected chi connectivity index (χ0v) is 16.6. The summed E-state index contributed by atoms with van der Waals surface area (Å²) in [6.45, 7) is -0.347. The highest BCUT2D eigenvalue weighted by molar-refractivity contribution is 7.92. The highest BCUT2D eigenvalue weighted by Gasteiger charge is 2.43. The molecule has 1 aliphatic rings. The van der Waals surface area contributed by atoms with Crippen LogP contribution in [0.3, 0.4) is 0 Å². The van der Waals surface area contributed by atoms with Crippen LogP contribution >= 0.6 is 0 Å². The Balaban J connectivity index is 1.85. The molecule has 0 aromatic heterocycles. The van der Waals surface area contributed by atoms with E-state index in [1.807, 2.05) is 25.1 Å². The Hall–Kier alpha value is -2.75. The number of nitrogens with zero attached hydrogens (tertiary/aromatic N) is 2. The molecule has 1 amide bonds. The topological polar surface area (TPSA) is 69.7 Å². The molecule has 10 heteroatoms. The van der Waals surface area contributed by atoms with E-state index in [9.17, 15) is 26.4 Å². The van der Waals surface area contributed by atoms with Gasteiger partial charge in [0.2, 0.25) is 0 Å². The van der Waals surface area contributed by atoms with Gasteiger partial charge < -0.3 is 9.80 Å². The minimum Gasteiger partial charge on any atom is -0.378 e. The first-order valence-electron chi connectivity index (χ1n) is 8.75. The minimum atomic E-state index is -4.96. The Kier molecular flexibility index (Phi) is 5.48. The molecule has 0 atom stereocenters. The molecule has 156 valence electrons. The van der Waals surface area contributed by atoms with Crippen LogP contribution < -0.4 is 9.62 Å². The van der Waals surface area contributed by atoms with Crippen molar-refractivity contribution in [3.63, 3.8) is 0 Å². The van der Waals surface area contributed by atoms with Crippen molar-refractivity contribution in [1.29, 1.82) is 0 Å². The van der Waals surface area contributed by atoms with Crippen molar-refractivity contribution >= 4 is 27.3 Å². The van der Waals surface area contributed by atoms with Crippen molar-refractivity contribution in [2.24, 2.45) is 0 Å². The third-order valence-corrected chi connectivity index (χ3v) is 6.02. The SMILES string of the molecule is CN(C)c1cccc(NS(=O)(=O)c2ccc3c(c2)CN(C(=O)C(F)(F)F)CC3)c1. The number of benzene rings is 2. The first-order valence-corrected chi connectivity index (χ1v) is 10.2. The summed E-state index contributed by atoms with van der Waals surface area (Å²) in [5, 5.41) is 0. The summed E-state index contributed by atoms with van der Waals surface area (Å²) < 4.78 is 66.1. The standard InChI is InChI=1S/C19H20F3N3O3S/c1-24(2)16-5-3-4-15(11-16)23-29(27,28)17-7-6-13-8-9-25(12-14(13)10-17)18(26)19(20,21)22/h3-7,10-11,23H,8-9,12H2,1-2H3. The van der Waals surface area contributed by atoms with Gasteiger partial charge in [0.15, 0.2) is 0 Å². The predicted octanol–water partition coefficient (Wildman–Crippen LogP) is 3.00. The normalized spacial score (nSPS) is 14.3. The van der Waals surface area contributed by atoms with Gasteiger partial charge in [0.1, 0.15) is 0 Å². The van der Waals surface area contributed by atoms with Gasteiger partial charge in [-0.25, -0.2) is 8.42 Å². The highest BCUT2D eigenvalue weighted by Crippen LogP contribution is 2.27. The quantitative estimate of drug-likeness (QED) is 0.815. The van der Waals surface area contributed by atoms with E-state index in [-0.39, 0.29) is 24.4 Å². The zero-order valence-electron chi connectivity index (χ0n) is 15.8. The van der Waals surface area contributed by atoms with Gasteiger partial charge >= 0.3 is 12.1 Å². The third-order valence-electron chi connectivity index (χ3n) is 4.64. The maximum Gasteiger partial charge on any atom is 0.471 e. The first-order chi connectivity index (χ1) is 13.5. The summed E-state index contributed by atoms with van der Waals surface area (Å²) in [6.07, 6.45) is -4.73. The molecule has 0 radical (unpaired) electrons. The van der Waals surface area contributed by atoms with E-state index in [4.69, 9.17) is 0 Å². The van der Waals surface area contributed by atoms with Crippen LogP contribution in [-0.2, 0) is 27.8 Å². The molecule has 3 rings (SSSR count). The van der Waals surface area contributed by atoms with E-state index < -0.39 is 22.1 Å². The molecule has 0 unspecified atom stereocenters. The number of carbonyl (C=O) groups is 1. The number of alkyl halides is 3. The maximum atomic E-state index is 12.8. The van der Waals surface area contributed by atoms with Crippen molar-refractivity contribution < 1.29 is 26.4 Å². The molecule has 0 saturated carbocycles. The van der Waals surface area contributed by atoms with E-state index >= 15 is 0 Å². The molecule has 1 aliphatic heterocycles. The molecule has 29 heavy (non-hydrogen) atoms. The summed E-state index contributed by atoms with van der Waals surface area (Å²) in [4.78, 5) is 13.9. The summed E-state index contributed by atoms with van der Waals surface area (Å²) in [6, 6.07) is 11.1. The largest absolute Gasteiger partial charge is 0.471 e. The molecule has 0 aliphatic carbocycles. The van der Waals surface area contributed by atoms with Crippen LogP contribution in [0.2, 0.25) is 0 Å². The number of sulfonamides is 1. The fourth-order valence-corrected chi connectivity index (χ4v) is 4.21. The fourth-order valence-electron chi connectivity index (χ4n) is 3.11. The third kappa shape index (κ3) is 4.64. The van der Waals surface area contributed by atoms with Crippen molar-refractivity contribution in [2.45, 2.75) is 24.0 Å². The van der Waals surface area contributed by atoms with Crippen molar-refractivity contribution in [1.82, 2.24) is 4.90 Å². The number of hydrogen-bond acceptors (Lipinski definition) is 4. The number of anilines is 2. The van der Waals surface area contributed by atoms with Crippen molar-refractivity contribution in [3.05, 3.63) is 53.6 Å². The highest BCUT2D eigenvalue weighted by atomic mass is 32.2. The lowest BCUT2D eigenvalue weighted by atomic mass is 10.00. The molecular formula is C19H20F3N3O3S. The van der Waals surface area contributed by atoms with Crippen LogP contribution in [0.25, 0.3) is 0 Å². The van der Waals surface area contributed by atoms with Crippen molar-refractivity contribution in [2.75, 3.05) is 30.3 Å². The fraction of sp³-hybridized carbons (Fsp3) is 0.316. The number of rotatable bonds is 4. The predicted molar refractivity (Wildman–Crippen MR) is 103 cm³/mol. The molecule has 0 saturated heterocycles. The molecule has 6 nitrogen and oxygen atoms in total. The molecular weight excluding hydrogens is 407 g/mol. The van der Waals surface area contributed by atoms with E-state index in [1.54, 1.807) is 24.3 Å². The average Bonchev–Trinajstić information content (AvgIpc) is 2.65. The van der Waals surface area contributed by atoms with Crippen LogP contribution in [0.15, 0.2) is 47.4 Å². The second-order valence-corrected chi connectivity index (χ2v) is 8.64. The maximum absolute atomic E-state index is 12.8. The van der Waals surface area contributed by atoms with Gasteiger partial charge in [0.25, 0.3) is 10.0 Å². The Morgan fingerprint density at radius 3 is 2.48 bits per heavy atom. The van der Waals surface area contributed by atoms with E-state index in [1.165, 1.54) is 12.1 Å². The Morgan fingerprint density at radius 1 is 1.10 bits per heavy atom. The van der Waals surface area contributed by atoms with Crippen LogP contribution in [-0.4, -0.2) is 46.0 Å². The number of hydrogen-bond donors (Lipinski definition) is 1. The van der Waals surface area contributed by atoms with Crippen molar-refractivity contribution in [3.8, 4) is 0 Å². The van der Waals surface area contributed by atoms with Crippen LogP contribution in [0.4, 0.5) is 24.5 Å². The van der Waals surface area contributed by atoms with Gasteiger partial charge in [-0.05, 0) is 47.9 Å². The first kappa shape index (κ1) is 21.0. The van der Waals surface area contributed by atoms with E-state index in [0.717, 1.165) is 11.3 Å². The molecule has 0 bridgehead atoms.